The quantitative estimate of drug-likeness (QED) is 0.923. The van der Waals surface area contributed by atoms with Crippen molar-refractivity contribution in [3.8, 4) is 0 Å². The average Bonchev–Trinajstić information content (AvgIpc) is 2.45. The van der Waals surface area contributed by atoms with Gasteiger partial charge in [-0.25, -0.2) is 0 Å². The third-order valence-electron chi connectivity index (χ3n) is 3.98. The Bertz CT molecular complexity index is 502. The maximum atomic E-state index is 12.6. The molecule has 1 aromatic rings. The molecule has 1 aromatic carbocycles. The van der Waals surface area contributed by atoms with Crippen molar-refractivity contribution in [3.05, 3.63) is 34.3 Å². The highest BCUT2D eigenvalue weighted by molar-refractivity contribution is 6.33. The van der Waals surface area contributed by atoms with Crippen LogP contribution in [0.1, 0.15) is 42.6 Å². The third-order valence-corrected chi connectivity index (χ3v) is 4.29. The first kappa shape index (κ1) is 16.3. The summed E-state index contributed by atoms with van der Waals surface area (Å²) in [6, 6.07) is 6.13. The molecule has 0 aromatic heterocycles. The first-order valence-electron chi connectivity index (χ1n) is 7.76. The van der Waals surface area contributed by atoms with E-state index < -0.39 is 0 Å². The number of likely N-dealkylation sites (tertiary alicyclic amines) is 1. The Balaban J connectivity index is 2.01. The lowest BCUT2D eigenvalue weighted by atomic mass is 9.97. The molecule has 1 atom stereocenters. The van der Waals surface area contributed by atoms with E-state index >= 15 is 0 Å². The van der Waals surface area contributed by atoms with Crippen LogP contribution in [0.3, 0.4) is 0 Å². The maximum Gasteiger partial charge on any atom is 0.255 e. The number of piperidine rings is 1. The number of rotatable bonds is 4. The lowest BCUT2D eigenvalue weighted by Crippen LogP contribution is -2.43. The topological polar surface area (TPSA) is 32.3 Å². The van der Waals surface area contributed by atoms with Gasteiger partial charge in [0.1, 0.15) is 0 Å². The Hall–Kier alpha value is -1.06. The summed E-state index contributed by atoms with van der Waals surface area (Å²) in [5, 5.41) is 4.03. The highest BCUT2D eigenvalue weighted by Gasteiger charge is 2.25. The molecule has 1 N–H and O–H groups in total. The van der Waals surface area contributed by atoms with Gasteiger partial charge in [-0.3, -0.25) is 4.79 Å². The number of benzene rings is 1. The molecule has 0 bridgehead atoms. The van der Waals surface area contributed by atoms with Crippen LogP contribution in [-0.2, 0) is 0 Å². The number of hydrogen-bond acceptors (Lipinski definition) is 2. The van der Waals surface area contributed by atoms with E-state index in [2.05, 4.69) is 19.2 Å². The SMILES string of the molecule is Cc1ccc(C(=O)N2CCCC(CNC(C)C)C2)c(Cl)c1. The predicted octanol–water partition coefficient (Wildman–Crippen LogP) is 3.50. The van der Waals surface area contributed by atoms with Crippen molar-refractivity contribution in [2.45, 2.75) is 39.7 Å². The van der Waals surface area contributed by atoms with E-state index in [1.807, 2.05) is 30.0 Å². The molecule has 1 fully saturated rings. The van der Waals surface area contributed by atoms with Crippen LogP contribution in [-0.4, -0.2) is 36.5 Å². The fourth-order valence-electron chi connectivity index (χ4n) is 2.78. The van der Waals surface area contributed by atoms with Gasteiger partial charge in [-0.05, 0) is 49.9 Å². The van der Waals surface area contributed by atoms with Crippen molar-refractivity contribution in [3.63, 3.8) is 0 Å². The van der Waals surface area contributed by atoms with Crippen LogP contribution < -0.4 is 5.32 Å². The van der Waals surface area contributed by atoms with Crippen molar-refractivity contribution < 1.29 is 4.79 Å². The normalized spacial score (nSPS) is 19.1. The van der Waals surface area contributed by atoms with Crippen LogP contribution in [0.4, 0.5) is 0 Å². The second-order valence-electron chi connectivity index (χ2n) is 6.31. The Morgan fingerprint density at radius 1 is 1.48 bits per heavy atom. The van der Waals surface area contributed by atoms with Gasteiger partial charge in [0, 0.05) is 19.1 Å². The highest BCUT2D eigenvalue weighted by atomic mass is 35.5. The van der Waals surface area contributed by atoms with Crippen molar-refractivity contribution >= 4 is 17.5 Å². The number of hydrogen-bond donors (Lipinski definition) is 1. The average molecular weight is 309 g/mol. The molecule has 1 heterocycles. The monoisotopic (exact) mass is 308 g/mol. The molecule has 0 radical (unpaired) electrons. The molecule has 1 amide bonds. The Morgan fingerprint density at radius 2 is 2.24 bits per heavy atom. The molecule has 1 aliphatic rings. The maximum absolute atomic E-state index is 12.6. The zero-order valence-electron chi connectivity index (χ0n) is 13.2. The molecule has 3 nitrogen and oxygen atoms in total. The van der Waals surface area contributed by atoms with E-state index in [1.54, 1.807) is 0 Å². The largest absolute Gasteiger partial charge is 0.338 e. The number of aryl methyl sites for hydroxylation is 1. The molecule has 4 heteroatoms. The highest BCUT2D eigenvalue weighted by Crippen LogP contribution is 2.23. The van der Waals surface area contributed by atoms with E-state index in [1.165, 1.54) is 6.42 Å². The van der Waals surface area contributed by atoms with Crippen LogP contribution in [0.15, 0.2) is 18.2 Å². The van der Waals surface area contributed by atoms with Gasteiger partial charge in [0.05, 0.1) is 10.6 Å². The molecule has 0 saturated carbocycles. The number of nitrogens with zero attached hydrogens (tertiary/aromatic N) is 1. The van der Waals surface area contributed by atoms with Crippen molar-refractivity contribution in [1.82, 2.24) is 10.2 Å². The summed E-state index contributed by atoms with van der Waals surface area (Å²) < 4.78 is 0. The Labute approximate surface area is 132 Å². The minimum Gasteiger partial charge on any atom is -0.338 e. The van der Waals surface area contributed by atoms with Gasteiger partial charge in [-0.15, -0.1) is 0 Å². The summed E-state index contributed by atoms with van der Waals surface area (Å²) in [6.45, 7) is 8.91. The minimum absolute atomic E-state index is 0.0641. The lowest BCUT2D eigenvalue weighted by Gasteiger charge is -2.33. The molecule has 0 spiro atoms. The third kappa shape index (κ3) is 4.45. The second-order valence-corrected chi connectivity index (χ2v) is 6.71. The molecule has 2 rings (SSSR count). The minimum atomic E-state index is 0.0641. The van der Waals surface area contributed by atoms with Gasteiger partial charge in [0.25, 0.3) is 5.91 Å². The van der Waals surface area contributed by atoms with Gasteiger partial charge in [0.15, 0.2) is 0 Å². The van der Waals surface area contributed by atoms with E-state index in [-0.39, 0.29) is 5.91 Å². The first-order chi connectivity index (χ1) is 9.97. The number of carbonyl (C=O) groups is 1. The van der Waals surface area contributed by atoms with Crippen LogP contribution in [0.5, 0.6) is 0 Å². The van der Waals surface area contributed by atoms with Crippen molar-refractivity contribution in [1.29, 1.82) is 0 Å². The van der Waals surface area contributed by atoms with E-state index in [0.29, 0.717) is 22.5 Å². The van der Waals surface area contributed by atoms with Gasteiger partial charge in [-0.2, -0.15) is 0 Å². The molecule has 116 valence electrons. The molecule has 0 aliphatic carbocycles. The van der Waals surface area contributed by atoms with E-state index in [4.69, 9.17) is 11.6 Å². The van der Waals surface area contributed by atoms with Crippen molar-refractivity contribution in [2.75, 3.05) is 19.6 Å². The molecule has 1 saturated heterocycles. The zero-order valence-corrected chi connectivity index (χ0v) is 13.9. The van der Waals surface area contributed by atoms with Crippen LogP contribution in [0.2, 0.25) is 5.02 Å². The fraction of sp³-hybridized carbons (Fsp3) is 0.588. The number of carbonyl (C=O) groups excluding carboxylic acids is 1. The van der Waals surface area contributed by atoms with Crippen LogP contribution >= 0.6 is 11.6 Å². The summed E-state index contributed by atoms with van der Waals surface area (Å²) in [5.74, 6) is 0.601. The van der Waals surface area contributed by atoms with Crippen LogP contribution in [0, 0.1) is 12.8 Å². The van der Waals surface area contributed by atoms with Gasteiger partial charge < -0.3 is 10.2 Å². The standard InChI is InChI=1S/C17H25ClN2O/c1-12(2)19-10-14-5-4-8-20(11-14)17(21)15-7-6-13(3)9-16(15)18/h6-7,9,12,14,19H,4-5,8,10-11H2,1-3H3. The van der Waals surface area contributed by atoms with Crippen LogP contribution in [0.25, 0.3) is 0 Å². The molecular weight excluding hydrogens is 284 g/mol. The molecular formula is C17H25ClN2O. The lowest BCUT2D eigenvalue weighted by molar-refractivity contribution is 0.0672. The van der Waals surface area contributed by atoms with Gasteiger partial charge >= 0.3 is 0 Å². The van der Waals surface area contributed by atoms with Gasteiger partial charge in [0.2, 0.25) is 0 Å². The second kappa shape index (κ2) is 7.28. The fourth-order valence-corrected chi connectivity index (χ4v) is 3.10. The summed E-state index contributed by atoms with van der Waals surface area (Å²) in [6.07, 6.45) is 2.25. The summed E-state index contributed by atoms with van der Waals surface area (Å²) >= 11 is 6.22. The Morgan fingerprint density at radius 3 is 2.90 bits per heavy atom. The summed E-state index contributed by atoms with van der Waals surface area (Å²) in [4.78, 5) is 14.6. The molecule has 1 aliphatic heterocycles. The smallest absolute Gasteiger partial charge is 0.255 e. The number of halogens is 1. The summed E-state index contributed by atoms with van der Waals surface area (Å²) in [5.41, 5.74) is 1.70. The number of nitrogens with one attached hydrogen (secondary N) is 1. The zero-order chi connectivity index (χ0) is 15.4. The Kier molecular flexibility index (Phi) is 5.65. The molecule has 21 heavy (non-hydrogen) atoms. The van der Waals surface area contributed by atoms with E-state index in [9.17, 15) is 4.79 Å². The van der Waals surface area contributed by atoms with Gasteiger partial charge in [-0.1, -0.05) is 31.5 Å². The van der Waals surface area contributed by atoms with E-state index in [0.717, 1.165) is 31.6 Å². The predicted molar refractivity (Wildman–Crippen MR) is 88.0 cm³/mol. The first-order valence-corrected chi connectivity index (χ1v) is 8.14. The number of amides is 1. The molecule has 1 unspecified atom stereocenters. The van der Waals surface area contributed by atoms with Crippen molar-refractivity contribution in [2.24, 2.45) is 5.92 Å². The summed E-state index contributed by atoms with van der Waals surface area (Å²) in [7, 11) is 0.